The Kier molecular flexibility index (Phi) is 6.24. The minimum atomic E-state index is -0.731. The maximum Gasteiger partial charge on any atom is 0.254 e. The Hall–Kier alpha value is -3.25. The van der Waals surface area contributed by atoms with Crippen molar-refractivity contribution in [1.29, 1.82) is 0 Å². The molecular formula is C25H23ClFNO4. The molecule has 0 spiro atoms. The Bertz CT molecular complexity index is 1150. The van der Waals surface area contributed by atoms with Crippen LogP contribution in [0.3, 0.4) is 0 Å². The molecule has 4 rings (SSSR count). The van der Waals surface area contributed by atoms with E-state index in [1.807, 2.05) is 6.07 Å². The van der Waals surface area contributed by atoms with Crippen LogP contribution in [0.5, 0.6) is 17.2 Å². The predicted molar refractivity (Wildman–Crippen MR) is 121 cm³/mol. The van der Waals surface area contributed by atoms with Gasteiger partial charge < -0.3 is 19.1 Å². The zero-order valence-electron chi connectivity index (χ0n) is 18.0. The smallest absolute Gasteiger partial charge is 0.254 e. The third kappa shape index (κ3) is 3.86. The van der Waals surface area contributed by atoms with Crippen LogP contribution in [-0.2, 0) is 6.42 Å². The van der Waals surface area contributed by atoms with Crippen LogP contribution in [0.15, 0.2) is 54.6 Å². The monoisotopic (exact) mass is 455 g/mol. The van der Waals surface area contributed by atoms with Gasteiger partial charge in [-0.15, -0.1) is 0 Å². The van der Waals surface area contributed by atoms with Crippen molar-refractivity contribution in [3.05, 3.63) is 87.7 Å². The van der Waals surface area contributed by atoms with E-state index in [1.54, 1.807) is 61.6 Å². The highest BCUT2D eigenvalue weighted by atomic mass is 35.5. The van der Waals surface area contributed by atoms with Gasteiger partial charge in [0.1, 0.15) is 11.6 Å². The summed E-state index contributed by atoms with van der Waals surface area (Å²) in [6.45, 7) is 0.383. The summed E-state index contributed by atoms with van der Waals surface area (Å²) in [5, 5.41) is 0.251. The molecule has 32 heavy (non-hydrogen) atoms. The summed E-state index contributed by atoms with van der Waals surface area (Å²) in [6, 6.07) is 14.4. The number of methoxy groups -OCH3 is 3. The number of halogens is 2. The van der Waals surface area contributed by atoms with Crippen molar-refractivity contribution in [2.24, 2.45) is 0 Å². The average Bonchev–Trinajstić information content (AvgIpc) is 2.82. The first-order valence-electron chi connectivity index (χ1n) is 10.1. The number of benzene rings is 3. The maximum atomic E-state index is 15.1. The summed E-state index contributed by atoms with van der Waals surface area (Å²) in [7, 11) is 4.65. The average molecular weight is 456 g/mol. The summed E-state index contributed by atoms with van der Waals surface area (Å²) in [5.74, 6) is 0.930. The second kappa shape index (κ2) is 9.09. The summed E-state index contributed by atoms with van der Waals surface area (Å²) in [5.41, 5.74) is 2.39. The van der Waals surface area contributed by atoms with E-state index < -0.39 is 11.9 Å². The minimum Gasteiger partial charge on any atom is -0.497 e. The number of amides is 1. The van der Waals surface area contributed by atoms with Gasteiger partial charge in [0.05, 0.1) is 27.4 Å². The zero-order chi connectivity index (χ0) is 22.8. The highest BCUT2D eigenvalue weighted by Crippen LogP contribution is 2.44. The van der Waals surface area contributed by atoms with Gasteiger partial charge in [0.25, 0.3) is 5.91 Å². The normalized spacial score (nSPS) is 15.2. The van der Waals surface area contributed by atoms with E-state index in [0.29, 0.717) is 35.8 Å². The van der Waals surface area contributed by atoms with Gasteiger partial charge in [-0.25, -0.2) is 4.39 Å². The lowest BCUT2D eigenvalue weighted by molar-refractivity contribution is 0.0691. The van der Waals surface area contributed by atoms with Crippen LogP contribution in [0.2, 0.25) is 5.02 Å². The Morgan fingerprint density at radius 2 is 1.72 bits per heavy atom. The number of hydrogen-bond donors (Lipinski definition) is 0. The van der Waals surface area contributed by atoms with Gasteiger partial charge >= 0.3 is 0 Å². The van der Waals surface area contributed by atoms with E-state index in [4.69, 9.17) is 25.8 Å². The second-order valence-electron chi connectivity index (χ2n) is 7.42. The van der Waals surface area contributed by atoms with Gasteiger partial charge in [0.2, 0.25) is 0 Å². The molecule has 7 heteroatoms. The van der Waals surface area contributed by atoms with Gasteiger partial charge in [0.15, 0.2) is 11.5 Å². The van der Waals surface area contributed by atoms with Crippen molar-refractivity contribution in [2.75, 3.05) is 27.9 Å². The number of rotatable bonds is 5. The molecular weight excluding hydrogens is 433 g/mol. The number of carbonyl (C=O) groups excluding carboxylic acids is 1. The highest BCUT2D eigenvalue weighted by molar-refractivity contribution is 6.31. The minimum absolute atomic E-state index is 0.242. The zero-order valence-corrected chi connectivity index (χ0v) is 18.8. The van der Waals surface area contributed by atoms with Gasteiger partial charge in [-0.05, 0) is 60.0 Å². The van der Waals surface area contributed by atoms with E-state index >= 15 is 4.39 Å². The SMILES string of the molecule is COc1cccc(C(=O)N2CCc3cc(OC)c(OC)cc3[C@@H]2c2c(F)cccc2Cl)c1. The van der Waals surface area contributed by atoms with Crippen molar-refractivity contribution >= 4 is 17.5 Å². The van der Waals surface area contributed by atoms with Crippen LogP contribution >= 0.6 is 11.6 Å². The molecule has 0 unspecified atom stereocenters. The Balaban J connectivity index is 1.90. The molecule has 1 aliphatic heterocycles. The van der Waals surface area contributed by atoms with E-state index in [2.05, 4.69) is 0 Å². The molecule has 3 aromatic rings. The van der Waals surface area contributed by atoms with Crippen LogP contribution in [-0.4, -0.2) is 38.7 Å². The molecule has 1 atom stereocenters. The third-order valence-electron chi connectivity index (χ3n) is 5.72. The molecule has 0 saturated heterocycles. The maximum absolute atomic E-state index is 15.1. The van der Waals surface area contributed by atoms with Crippen LogP contribution in [0.25, 0.3) is 0 Å². The molecule has 0 aromatic heterocycles. The molecule has 166 valence electrons. The molecule has 0 aliphatic carbocycles. The van der Waals surface area contributed by atoms with Crippen molar-refractivity contribution in [1.82, 2.24) is 4.90 Å². The van der Waals surface area contributed by atoms with Crippen LogP contribution < -0.4 is 14.2 Å². The van der Waals surface area contributed by atoms with Crippen LogP contribution in [0.4, 0.5) is 4.39 Å². The molecule has 0 fully saturated rings. The first-order chi connectivity index (χ1) is 15.5. The van der Waals surface area contributed by atoms with Crippen molar-refractivity contribution < 1.29 is 23.4 Å². The molecule has 5 nitrogen and oxygen atoms in total. The molecule has 0 radical (unpaired) electrons. The quantitative estimate of drug-likeness (QED) is 0.524. The summed E-state index contributed by atoms with van der Waals surface area (Å²) in [4.78, 5) is 15.3. The summed E-state index contributed by atoms with van der Waals surface area (Å²) in [6.07, 6.45) is 0.577. The van der Waals surface area contributed by atoms with Crippen LogP contribution in [0.1, 0.15) is 33.1 Å². The fourth-order valence-electron chi connectivity index (χ4n) is 4.17. The number of ether oxygens (including phenoxy) is 3. The highest BCUT2D eigenvalue weighted by Gasteiger charge is 2.36. The predicted octanol–water partition coefficient (Wildman–Crippen LogP) is 5.29. The summed E-state index contributed by atoms with van der Waals surface area (Å²) < 4.78 is 31.3. The summed E-state index contributed by atoms with van der Waals surface area (Å²) >= 11 is 6.47. The van der Waals surface area contributed by atoms with Gasteiger partial charge in [-0.3, -0.25) is 4.79 Å². The van der Waals surface area contributed by atoms with E-state index in [9.17, 15) is 4.79 Å². The van der Waals surface area contributed by atoms with E-state index in [-0.39, 0.29) is 16.5 Å². The van der Waals surface area contributed by atoms with Crippen molar-refractivity contribution in [2.45, 2.75) is 12.5 Å². The molecule has 3 aromatic carbocycles. The fourth-order valence-corrected chi connectivity index (χ4v) is 4.44. The van der Waals surface area contributed by atoms with Gasteiger partial charge in [-0.1, -0.05) is 23.7 Å². The standard InChI is InChI=1S/C25H23ClFNO4/c1-30-17-7-4-6-16(12-17)25(29)28-11-10-15-13-21(31-2)22(32-3)14-18(15)24(28)23-19(26)8-5-9-20(23)27/h4-9,12-14,24H,10-11H2,1-3H3/t24-/m1/s1. The molecule has 1 aliphatic rings. The first kappa shape index (κ1) is 22.0. The lowest BCUT2D eigenvalue weighted by atomic mass is 9.86. The lowest BCUT2D eigenvalue weighted by Crippen LogP contribution is -2.41. The van der Waals surface area contributed by atoms with Crippen molar-refractivity contribution in [3.63, 3.8) is 0 Å². The topological polar surface area (TPSA) is 48.0 Å². The van der Waals surface area contributed by atoms with Crippen molar-refractivity contribution in [3.8, 4) is 17.2 Å². The fraction of sp³-hybridized carbons (Fsp3) is 0.240. The first-order valence-corrected chi connectivity index (χ1v) is 10.5. The number of nitrogens with zero attached hydrogens (tertiary/aromatic N) is 1. The van der Waals surface area contributed by atoms with Crippen LogP contribution in [0, 0.1) is 5.82 Å². The molecule has 1 heterocycles. The number of fused-ring (bicyclic) bond motifs is 1. The van der Waals surface area contributed by atoms with E-state index in [0.717, 1.165) is 11.1 Å². The Morgan fingerprint density at radius 3 is 2.41 bits per heavy atom. The van der Waals surface area contributed by atoms with Gasteiger partial charge in [0, 0.05) is 22.7 Å². The van der Waals surface area contributed by atoms with E-state index in [1.165, 1.54) is 13.2 Å². The third-order valence-corrected chi connectivity index (χ3v) is 6.05. The lowest BCUT2D eigenvalue weighted by Gasteiger charge is -2.38. The molecule has 0 bridgehead atoms. The Morgan fingerprint density at radius 1 is 1.00 bits per heavy atom. The molecule has 1 amide bonds. The molecule has 0 saturated carbocycles. The van der Waals surface area contributed by atoms with Gasteiger partial charge in [-0.2, -0.15) is 0 Å². The largest absolute Gasteiger partial charge is 0.497 e. The number of hydrogen-bond acceptors (Lipinski definition) is 4. The Labute approximate surface area is 191 Å². The molecule has 0 N–H and O–H groups in total. The number of carbonyl (C=O) groups is 1. The second-order valence-corrected chi connectivity index (χ2v) is 7.83.